The van der Waals surface area contributed by atoms with Crippen molar-refractivity contribution in [3.63, 3.8) is 0 Å². The molecule has 0 N–H and O–H groups in total. The molecule has 0 saturated carbocycles. The van der Waals surface area contributed by atoms with Crippen LogP contribution in [0.15, 0.2) is 12.1 Å². The molecule has 0 atom stereocenters. The summed E-state index contributed by atoms with van der Waals surface area (Å²) in [6.07, 6.45) is 2.83. The molecule has 0 unspecified atom stereocenters. The largest absolute Gasteiger partial charge is 0.381 e. The van der Waals surface area contributed by atoms with Crippen molar-refractivity contribution in [2.45, 2.75) is 32.2 Å². The first-order valence-electron chi connectivity index (χ1n) is 6.78. The molecule has 0 radical (unpaired) electrons. The maximum absolute atomic E-state index is 5.91. The van der Waals surface area contributed by atoms with Crippen LogP contribution >= 0.6 is 11.6 Å². The number of rotatable bonds is 3. The Morgan fingerprint density at radius 2 is 2.11 bits per heavy atom. The number of halogens is 1. The number of hydrogen-bond donors (Lipinski definition) is 0. The van der Waals surface area contributed by atoms with Crippen molar-refractivity contribution in [3.05, 3.63) is 23.7 Å². The Morgan fingerprint density at radius 3 is 2.84 bits per heavy atom. The van der Waals surface area contributed by atoms with E-state index in [1.165, 1.54) is 0 Å². The molecule has 4 nitrogen and oxygen atoms in total. The average molecular weight is 280 g/mol. The molecule has 5 heteroatoms. The van der Waals surface area contributed by atoms with Gasteiger partial charge in [0, 0.05) is 37.3 Å². The summed E-state index contributed by atoms with van der Waals surface area (Å²) in [4.78, 5) is 9.36. The monoisotopic (exact) mass is 279 g/mol. The zero-order valence-corrected chi connectivity index (χ0v) is 11.9. The van der Waals surface area contributed by atoms with Crippen molar-refractivity contribution in [1.82, 2.24) is 14.5 Å². The van der Waals surface area contributed by atoms with Gasteiger partial charge in [0.15, 0.2) is 5.65 Å². The van der Waals surface area contributed by atoms with E-state index in [0.717, 1.165) is 55.2 Å². The lowest BCUT2D eigenvalue weighted by molar-refractivity contribution is 0.0698. The van der Waals surface area contributed by atoms with Crippen LogP contribution in [0.3, 0.4) is 0 Å². The van der Waals surface area contributed by atoms with Crippen molar-refractivity contribution >= 4 is 22.8 Å². The van der Waals surface area contributed by atoms with E-state index >= 15 is 0 Å². The third kappa shape index (κ3) is 2.47. The summed E-state index contributed by atoms with van der Waals surface area (Å²) in [6, 6.07) is 4.49. The fourth-order valence-electron chi connectivity index (χ4n) is 2.70. The quantitative estimate of drug-likeness (QED) is 0.811. The third-order valence-corrected chi connectivity index (χ3v) is 3.81. The number of fused-ring (bicyclic) bond motifs is 1. The van der Waals surface area contributed by atoms with Crippen LogP contribution in [-0.4, -0.2) is 33.6 Å². The zero-order valence-electron chi connectivity index (χ0n) is 11.1. The van der Waals surface area contributed by atoms with Crippen LogP contribution < -0.4 is 0 Å². The van der Waals surface area contributed by atoms with Gasteiger partial charge in [0.25, 0.3) is 0 Å². The summed E-state index contributed by atoms with van der Waals surface area (Å²) < 4.78 is 7.74. The van der Waals surface area contributed by atoms with Crippen molar-refractivity contribution in [2.75, 3.05) is 19.1 Å². The molecule has 1 fully saturated rings. The lowest BCUT2D eigenvalue weighted by Crippen LogP contribution is -2.21. The summed E-state index contributed by atoms with van der Waals surface area (Å²) in [5.74, 6) is 1.64. The molecule has 2 aromatic rings. The number of imidazole rings is 1. The van der Waals surface area contributed by atoms with Gasteiger partial charge in [-0.2, -0.15) is 0 Å². The second kappa shape index (κ2) is 5.47. The van der Waals surface area contributed by atoms with E-state index in [1.807, 2.05) is 19.1 Å². The highest BCUT2D eigenvalue weighted by atomic mass is 35.5. The van der Waals surface area contributed by atoms with E-state index in [0.29, 0.717) is 11.9 Å². The van der Waals surface area contributed by atoms with E-state index in [2.05, 4.69) is 9.55 Å². The van der Waals surface area contributed by atoms with Crippen LogP contribution in [0.4, 0.5) is 0 Å². The van der Waals surface area contributed by atoms with E-state index < -0.39 is 0 Å². The van der Waals surface area contributed by atoms with Gasteiger partial charge in [-0.3, -0.25) is 0 Å². The Balaban J connectivity index is 2.11. The molecular weight excluding hydrogens is 262 g/mol. The Kier molecular flexibility index (Phi) is 3.71. The van der Waals surface area contributed by atoms with E-state index in [1.54, 1.807) is 0 Å². The highest BCUT2D eigenvalue weighted by Gasteiger charge is 2.22. The van der Waals surface area contributed by atoms with Gasteiger partial charge in [-0.1, -0.05) is 0 Å². The number of alkyl halides is 1. The first kappa shape index (κ1) is 12.9. The standard InChI is InChI=1S/C14H18ClN3O/c1-10-2-3-12-14(16-10)18(13(17-12)4-7-15)11-5-8-19-9-6-11/h2-3,11H,4-9H2,1H3. The van der Waals surface area contributed by atoms with Crippen molar-refractivity contribution in [1.29, 1.82) is 0 Å². The average Bonchev–Trinajstić information content (AvgIpc) is 2.77. The smallest absolute Gasteiger partial charge is 0.160 e. The van der Waals surface area contributed by atoms with Gasteiger partial charge in [-0.05, 0) is 31.9 Å². The Bertz CT molecular complexity index is 575. The van der Waals surface area contributed by atoms with Gasteiger partial charge in [-0.25, -0.2) is 9.97 Å². The van der Waals surface area contributed by atoms with Crippen LogP contribution in [0.2, 0.25) is 0 Å². The number of nitrogens with zero attached hydrogens (tertiary/aromatic N) is 3. The molecule has 1 aliphatic rings. The number of aromatic nitrogens is 3. The minimum Gasteiger partial charge on any atom is -0.381 e. The third-order valence-electron chi connectivity index (χ3n) is 3.62. The van der Waals surface area contributed by atoms with Crippen molar-refractivity contribution in [3.8, 4) is 0 Å². The highest BCUT2D eigenvalue weighted by molar-refractivity contribution is 6.17. The molecular formula is C14H18ClN3O. The number of ether oxygens (including phenoxy) is 1. The molecule has 0 amide bonds. The minimum atomic E-state index is 0.436. The molecule has 0 aliphatic carbocycles. The first-order chi connectivity index (χ1) is 9.29. The molecule has 1 saturated heterocycles. The predicted octanol–water partition coefficient (Wildman–Crippen LogP) is 2.87. The summed E-state index contributed by atoms with van der Waals surface area (Å²) in [6.45, 7) is 3.65. The second-order valence-electron chi connectivity index (χ2n) is 4.98. The molecule has 19 heavy (non-hydrogen) atoms. The Hall–Kier alpha value is -1.13. The fraction of sp³-hybridized carbons (Fsp3) is 0.571. The van der Waals surface area contributed by atoms with E-state index in [9.17, 15) is 0 Å². The molecule has 1 aliphatic heterocycles. The molecule has 0 spiro atoms. The number of pyridine rings is 1. The fourth-order valence-corrected chi connectivity index (χ4v) is 2.87. The van der Waals surface area contributed by atoms with Crippen LogP contribution in [0.1, 0.15) is 30.4 Å². The predicted molar refractivity (Wildman–Crippen MR) is 75.8 cm³/mol. The first-order valence-corrected chi connectivity index (χ1v) is 7.31. The van der Waals surface area contributed by atoms with Crippen molar-refractivity contribution in [2.24, 2.45) is 0 Å². The normalized spacial score (nSPS) is 17.2. The molecule has 102 valence electrons. The van der Waals surface area contributed by atoms with Crippen LogP contribution in [0.25, 0.3) is 11.2 Å². The number of aryl methyl sites for hydroxylation is 2. The Morgan fingerprint density at radius 1 is 1.32 bits per heavy atom. The zero-order chi connectivity index (χ0) is 13.2. The Labute approximate surface area is 117 Å². The topological polar surface area (TPSA) is 39.9 Å². The van der Waals surface area contributed by atoms with Gasteiger partial charge in [0.05, 0.1) is 0 Å². The maximum Gasteiger partial charge on any atom is 0.160 e. The van der Waals surface area contributed by atoms with E-state index in [4.69, 9.17) is 21.3 Å². The van der Waals surface area contributed by atoms with Gasteiger partial charge in [0.1, 0.15) is 11.3 Å². The van der Waals surface area contributed by atoms with Gasteiger partial charge >= 0.3 is 0 Å². The van der Waals surface area contributed by atoms with Crippen molar-refractivity contribution < 1.29 is 4.74 Å². The highest BCUT2D eigenvalue weighted by Crippen LogP contribution is 2.27. The molecule has 3 rings (SSSR count). The van der Waals surface area contributed by atoms with Crippen LogP contribution in [-0.2, 0) is 11.2 Å². The maximum atomic E-state index is 5.91. The second-order valence-corrected chi connectivity index (χ2v) is 5.35. The van der Waals surface area contributed by atoms with Gasteiger partial charge in [-0.15, -0.1) is 11.6 Å². The molecule has 3 heterocycles. The SMILES string of the molecule is Cc1ccc2nc(CCCl)n(C3CCOCC3)c2n1. The van der Waals surface area contributed by atoms with Crippen LogP contribution in [0, 0.1) is 6.92 Å². The summed E-state index contributed by atoms with van der Waals surface area (Å²) >= 11 is 5.91. The van der Waals surface area contributed by atoms with E-state index in [-0.39, 0.29) is 0 Å². The number of hydrogen-bond acceptors (Lipinski definition) is 3. The van der Waals surface area contributed by atoms with Gasteiger partial charge in [0.2, 0.25) is 0 Å². The lowest BCUT2D eigenvalue weighted by atomic mass is 10.1. The molecule has 2 aromatic heterocycles. The summed E-state index contributed by atoms with van der Waals surface area (Å²) in [5.41, 5.74) is 2.99. The van der Waals surface area contributed by atoms with Crippen LogP contribution in [0.5, 0.6) is 0 Å². The molecule has 0 bridgehead atoms. The lowest BCUT2D eigenvalue weighted by Gasteiger charge is -2.25. The molecule has 0 aromatic carbocycles. The summed E-state index contributed by atoms with van der Waals surface area (Å²) in [5, 5.41) is 0. The van der Waals surface area contributed by atoms with Gasteiger partial charge < -0.3 is 9.30 Å². The summed E-state index contributed by atoms with van der Waals surface area (Å²) in [7, 11) is 0. The minimum absolute atomic E-state index is 0.436.